The highest BCUT2D eigenvalue weighted by molar-refractivity contribution is 6.14. The van der Waals surface area contributed by atoms with Crippen molar-refractivity contribution in [2.75, 3.05) is 4.90 Å². The molecule has 4 aromatic rings. The lowest BCUT2D eigenvalue weighted by molar-refractivity contribution is 0.0686. The van der Waals surface area contributed by atoms with Crippen LogP contribution in [0.15, 0.2) is 70.0 Å². The second-order valence-electron chi connectivity index (χ2n) is 12.4. The Balaban J connectivity index is 1.34. The zero-order chi connectivity index (χ0) is 30.5. The van der Waals surface area contributed by atoms with Crippen molar-refractivity contribution >= 4 is 17.4 Å². The van der Waals surface area contributed by atoms with Gasteiger partial charge in [-0.15, -0.1) is 5.10 Å². The molecule has 9 nitrogen and oxygen atoms in total. The van der Waals surface area contributed by atoms with E-state index in [0.29, 0.717) is 30.8 Å². The van der Waals surface area contributed by atoms with Crippen LogP contribution in [0.25, 0.3) is 0 Å². The van der Waals surface area contributed by atoms with Crippen molar-refractivity contribution in [3.05, 3.63) is 89.5 Å². The van der Waals surface area contributed by atoms with E-state index in [2.05, 4.69) is 29.5 Å². The molecule has 0 unspecified atom stereocenters. The molecule has 0 bridgehead atoms. The van der Waals surface area contributed by atoms with Crippen LogP contribution in [0.2, 0.25) is 0 Å². The smallest absolute Gasteiger partial charge is 0.294 e. The summed E-state index contributed by atoms with van der Waals surface area (Å²) in [7, 11) is 0. The first-order valence-electron chi connectivity index (χ1n) is 16.2. The Morgan fingerprint density at radius 1 is 1.02 bits per heavy atom. The minimum atomic E-state index is -0.276. The molecule has 1 amide bonds. The molecule has 0 saturated heterocycles. The molecule has 9 heteroatoms. The number of hydrogen-bond donors (Lipinski definition) is 1. The number of amides is 1. The lowest BCUT2D eigenvalue weighted by atomic mass is 9.66. The molecule has 3 aromatic heterocycles. The normalized spacial score (nSPS) is 21.3. The Kier molecular flexibility index (Phi) is 9.40. The van der Waals surface area contributed by atoms with Gasteiger partial charge in [0.2, 0.25) is 0 Å². The van der Waals surface area contributed by atoms with Crippen LogP contribution in [0, 0.1) is 11.8 Å². The molecule has 4 heterocycles. The van der Waals surface area contributed by atoms with Gasteiger partial charge < -0.3 is 19.1 Å². The average Bonchev–Trinajstić information content (AvgIpc) is 3.83. The van der Waals surface area contributed by atoms with Gasteiger partial charge in [-0.25, -0.2) is 4.68 Å². The Labute approximate surface area is 259 Å². The molecule has 232 valence electrons. The molecule has 1 aliphatic heterocycles. The molecule has 6 rings (SSSR count). The van der Waals surface area contributed by atoms with E-state index in [4.69, 9.17) is 8.83 Å². The van der Waals surface area contributed by atoms with Gasteiger partial charge in [-0.3, -0.25) is 9.59 Å². The highest BCUT2D eigenvalue weighted by Crippen LogP contribution is 2.46. The van der Waals surface area contributed by atoms with Crippen molar-refractivity contribution in [3.63, 3.8) is 0 Å². The maximum atomic E-state index is 14.5. The fourth-order valence-electron chi connectivity index (χ4n) is 7.10. The van der Waals surface area contributed by atoms with Crippen molar-refractivity contribution in [1.82, 2.24) is 20.3 Å². The molecule has 1 N–H and O–H groups in total. The number of hydrogen-bond acceptors (Lipinski definition) is 7. The molecular formula is C35H43N5O4. The first-order chi connectivity index (χ1) is 21.6. The molecule has 1 fully saturated rings. The predicted molar refractivity (Wildman–Crippen MR) is 168 cm³/mol. The molecule has 2 aliphatic rings. The Morgan fingerprint density at radius 2 is 1.86 bits per heavy atom. The molecular weight excluding hydrogens is 554 g/mol. The first-order valence-corrected chi connectivity index (χ1v) is 16.2. The van der Waals surface area contributed by atoms with Gasteiger partial charge in [0.15, 0.2) is 11.5 Å². The van der Waals surface area contributed by atoms with E-state index in [1.165, 1.54) is 6.26 Å². The summed E-state index contributed by atoms with van der Waals surface area (Å²) >= 11 is 0. The summed E-state index contributed by atoms with van der Waals surface area (Å²) in [6.07, 6.45) is 14.1. The number of nitrogens with one attached hydrogen (secondary N) is 1. The van der Waals surface area contributed by atoms with E-state index in [1.807, 2.05) is 46.1 Å². The van der Waals surface area contributed by atoms with Gasteiger partial charge >= 0.3 is 0 Å². The summed E-state index contributed by atoms with van der Waals surface area (Å²) in [5.74, 6) is 0.972. The number of unbranched alkanes of at least 4 members (excludes halogenated alkanes) is 3. The molecule has 1 aromatic carbocycles. The van der Waals surface area contributed by atoms with Crippen molar-refractivity contribution in [1.29, 1.82) is 0 Å². The molecule has 0 spiro atoms. The number of rotatable bonds is 13. The fourth-order valence-corrected chi connectivity index (χ4v) is 7.10. The number of benzene rings is 1. The SMILES string of the molecule is CCCCC[C@H]1C[C@H](NCc2ccco2)C[C@@H]2[C@H]1C(=O)c1cc(Cn3cc(CCCC)nn3)ccc1N2C(=O)c1ccco1. The summed E-state index contributed by atoms with van der Waals surface area (Å²) < 4.78 is 13.0. The number of nitrogens with zero attached hydrogens (tertiary/aromatic N) is 4. The lowest BCUT2D eigenvalue weighted by Gasteiger charge is -2.49. The maximum Gasteiger partial charge on any atom is 0.294 e. The maximum absolute atomic E-state index is 14.5. The number of carbonyl (C=O) groups excluding carboxylic acids is 2. The summed E-state index contributed by atoms with van der Waals surface area (Å²) in [5, 5.41) is 12.3. The monoisotopic (exact) mass is 597 g/mol. The van der Waals surface area contributed by atoms with Crippen LogP contribution < -0.4 is 10.2 Å². The summed E-state index contributed by atoms with van der Waals surface area (Å²) in [6.45, 7) is 5.49. The van der Waals surface area contributed by atoms with E-state index >= 15 is 0 Å². The van der Waals surface area contributed by atoms with Crippen LogP contribution in [0.4, 0.5) is 5.69 Å². The van der Waals surface area contributed by atoms with Crippen LogP contribution in [0.5, 0.6) is 0 Å². The minimum Gasteiger partial charge on any atom is -0.468 e. The van der Waals surface area contributed by atoms with Crippen molar-refractivity contribution in [2.24, 2.45) is 11.8 Å². The number of carbonyl (C=O) groups is 2. The third-order valence-electron chi connectivity index (χ3n) is 9.25. The number of fused-ring (bicyclic) bond motifs is 2. The van der Waals surface area contributed by atoms with Crippen LogP contribution in [0.1, 0.15) is 103 Å². The Bertz CT molecular complexity index is 1530. The van der Waals surface area contributed by atoms with Gasteiger partial charge in [0.25, 0.3) is 5.91 Å². The Morgan fingerprint density at radius 3 is 2.64 bits per heavy atom. The molecule has 4 atom stereocenters. The van der Waals surface area contributed by atoms with Crippen molar-refractivity contribution in [3.8, 4) is 0 Å². The number of aryl methyl sites for hydroxylation is 1. The van der Waals surface area contributed by atoms with E-state index in [0.717, 1.165) is 68.4 Å². The minimum absolute atomic E-state index is 0.141. The predicted octanol–water partition coefficient (Wildman–Crippen LogP) is 6.83. The summed E-state index contributed by atoms with van der Waals surface area (Å²) in [6, 6.07) is 13.1. The van der Waals surface area contributed by atoms with Crippen LogP contribution in [-0.4, -0.2) is 38.8 Å². The lowest BCUT2D eigenvalue weighted by Crippen LogP contribution is -2.59. The van der Waals surface area contributed by atoms with Gasteiger partial charge in [-0.1, -0.05) is 50.8 Å². The topological polar surface area (TPSA) is 106 Å². The second kappa shape index (κ2) is 13.8. The molecule has 44 heavy (non-hydrogen) atoms. The highest BCUT2D eigenvalue weighted by atomic mass is 16.3. The first kappa shape index (κ1) is 30.1. The number of Topliss-reactive ketones (excluding diaryl/α,β-unsaturated/α-hetero) is 1. The van der Waals surface area contributed by atoms with Crippen LogP contribution in [0.3, 0.4) is 0 Å². The second-order valence-corrected chi connectivity index (χ2v) is 12.4. The van der Waals surface area contributed by atoms with Crippen LogP contribution in [-0.2, 0) is 19.5 Å². The van der Waals surface area contributed by atoms with E-state index < -0.39 is 0 Å². The summed E-state index contributed by atoms with van der Waals surface area (Å²) in [5.41, 5.74) is 3.20. The van der Waals surface area contributed by atoms with E-state index in [-0.39, 0.29) is 41.4 Å². The standard InChI is InChI=1S/C35H43N5O4/c1-3-5-7-10-25-19-27(36-21-28-12-8-16-43-28)20-31-33(25)34(41)29-18-24(22-39-23-26(37-38-39)11-6-4-2)14-15-30(29)40(31)35(42)32-13-9-17-44-32/h8-9,12-18,23,25,27,31,33,36H,3-7,10-11,19-22H2,1-2H3/t25-,27-,31+,33-/m0/s1. The van der Waals surface area contributed by atoms with E-state index in [1.54, 1.807) is 18.4 Å². The molecule has 1 saturated carbocycles. The van der Waals surface area contributed by atoms with Crippen LogP contribution >= 0.6 is 0 Å². The largest absolute Gasteiger partial charge is 0.468 e. The number of aromatic nitrogens is 3. The third kappa shape index (κ3) is 6.43. The van der Waals surface area contributed by atoms with Gasteiger partial charge in [-0.2, -0.15) is 0 Å². The number of anilines is 1. The number of ketones is 1. The zero-order valence-electron chi connectivity index (χ0n) is 25.8. The molecule has 0 radical (unpaired) electrons. The van der Waals surface area contributed by atoms with Gasteiger partial charge in [-0.05, 0) is 80.0 Å². The van der Waals surface area contributed by atoms with E-state index in [9.17, 15) is 9.59 Å². The van der Waals surface area contributed by atoms with Crippen molar-refractivity contribution < 1.29 is 18.4 Å². The number of furan rings is 2. The Hall–Kier alpha value is -3.98. The molecule has 1 aliphatic carbocycles. The third-order valence-corrected chi connectivity index (χ3v) is 9.25. The van der Waals surface area contributed by atoms with Crippen molar-refractivity contribution in [2.45, 2.75) is 96.8 Å². The average molecular weight is 598 g/mol. The van der Waals surface area contributed by atoms with Gasteiger partial charge in [0.05, 0.1) is 37.0 Å². The fraction of sp³-hybridized carbons (Fsp3) is 0.486. The van der Waals surface area contributed by atoms with Gasteiger partial charge in [0, 0.05) is 29.8 Å². The van der Waals surface area contributed by atoms with Gasteiger partial charge in [0.1, 0.15) is 5.76 Å². The quantitative estimate of drug-likeness (QED) is 0.168. The summed E-state index contributed by atoms with van der Waals surface area (Å²) in [4.78, 5) is 30.5. The zero-order valence-corrected chi connectivity index (χ0v) is 25.8. The highest BCUT2D eigenvalue weighted by Gasteiger charge is 2.50.